The lowest BCUT2D eigenvalue weighted by Gasteiger charge is -1.98. The van der Waals surface area contributed by atoms with Gasteiger partial charge in [-0.15, -0.1) is 11.3 Å². The number of thiazole rings is 1. The molecule has 0 aliphatic rings. The number of nitro groups is 2. The first kappa shape index (κ1) is 18.9. The highest BCUT2D eigenvalue weighted by Gasteiger charge is 2.11. The van der Waals surface area contributed by atoms with Crippen LogP contribution in [0.4, 0.5) is 16.5 Å². The Labute approximate surface area is 162 Å². The molecule has 0 atom stereocenters. The van der Waals surface area contributed by atoms with E-state index in [1.165, 1.54) is 59.9 Å². The molecule has 1 amide bonds. The highest BCUT2D eigenvalue weighted by atomic mass is 32.1. The van der Waals surface area contributed by atoms with Gasteiger partial charge in [0.15, 0.2) is 5.13 Å². The van der Waals surface area contributed by atoms with Crippen LogP contribution in [0, 0.1) is 20.2 Å². The molecule has 0 unspecified atom stereocenters. The first-order valence-corrected chi connectivity index (χ1v) is 8.74. The molecule has 28 heavy (non-hydrogen) atoms. The first-order chi connectivity index (χ1) is 13.4. The summed E-state index contributed by atoms with van der Waals surface area (Å²) in [6, 6.07) is 11.8. The molecule has 3 rings (SSSR count). The minimum atomic E-state index is -0.498. The molecule has 140 valence electrons. The van der Waals surface area contributed by atoms with E-state index in [0.29, 0.717) is 22.0 Å². The Morgan fingerprint density at radius 3 is 2.43 bits per heavy atom. The van der Waals surface area contributed by atoms with Gasteiger partial charge in [-0.05, 0) is 23.8 Å². The van der Waals surface area contributed by atoms with E-state index in [9.17, 15) is 25.0 Å². The van der Waals surface area contributed by atoms with Gasteiger partial charge in [0.1, 0.15) is 0 Å². The number of carbonyl (C=O) groups is 1. The fourth-order valence-electron chi connectivity index (χ4n) is 2.27. The van der Waals surface area contributed by atoms with Crippen LogP contribution in [0.25, 0.3) is 17.3 Å². The predicted octanol–water partition coefficient (Wildman–Crippen LogP) is 4.28. The molecule has 10 heteroatoms. The summed E-state index contributed by atoms with van der Waals surface area (Å²) in [6.45, 7) is 0. The number of non-ortho nitro benzene ring substituents is 2. The Hall–Kier alpha value is -3.92. The third-order valence-corrected chi connectivity index (χ3v) is 4.38. The summed E-state index contributed by atoms with van der Waals surface area (Å²) in [5.41, 5.74) is 1.66. The van der Waals surface area contributed by atoms with Crippen LogP contribution in [-0.4, -0.2) is 20.7 Å². The summed E-state index contributed by atoms with van der Waals surface area (Å²) in [7, 11) is 0. The zero-order valence-corrected chi connectivity index (χ0v) is 15.0. The fraction of sp³-hybridized carbons (Fsp3) is 0. The van der Waals surface area contributed by atoms with Gasteiger partial charge in [0, 0.05) is 41.3 Å². The Morgan fingerprint density at radius 1 is 1.04 bits per heavy atom. The van der Waals surface area contributed by atoms with Crippen LogP contribution in [-0.2, 0) is 4.79 Å². The topological polar surface area (TPSA) is 128 Å². The number of amides is 1. The number of nitro benzene ring substituents is 2. The van der Waals surface area contributed by atoms with Crippen molar-refractivity contribution in [1.29, 1.82) is 0 Å². The number of nitrogens with zero attached hydrogens (tertiary/aromatic N) is 3. The van der Waals surface area contributed by atoms with Crippen LogP contribution in [0.2, 0.25) is 0 Å². The first-order valence-electron chi connectivity index (χ1n) is 7.86. The largest absolute Gasteiger partial charge is 0.298 e. The minimum absolute atomic E-state index is 0.0296. The maximum atomic E-state index is 12.0. The molecule has 1 N–H and O–H groups in total. The van der Waals surface area contributed by atoms with Crippen LogP contribution in [0.1, 0.15) is 5.56 Å². The zero-order valence-electron chi connectivity index (χ0n) is 14.1. The van der Waals surface area contributed by atoms with Gasteiger partial charge in [-0.2, -0.15) is 0 Å². The molecule has 1 heterocycles. The maximum Gasteiger partial charge on any atom is 0.270 e. The van der Waals surface area contributed by atoms with Crippen molar-refractivity contribution in [3.63, 3.8) is 0 Å². The predicted molar refractivity (Wildman–Crippen MR) is 105 cm³/mol. The molecular formula is C18H12N4O5S. The van der Waals surface area contributed by atoms with E-state index in [1.54, 1.807) is 17.5 Å². The number of aromatic nitrogens is 1. The normalized spacial score (nSPS) is 10.7. The lowest BCUT2D eigenvalue weighted by molar-refractivity contribution is -0.385. The SMILES string of the molecule is O=C(C=Cc1ccc([N+](=O)[O-])cc1)Nc1nc(-c2cccc([N+](=O)[O-])c2)cs1. The lowest BCUT2D eigenvalue weighted by atomic mass is 10.1. The van der Waals surface area contributed by atoms with Crippen molar-refractivity contribution in [2.75, 3.05) is 5.32 Å². The summed E-state index contributed by atoms with van der Waals surface area (Å²) >= 11 is 1.19. The second-order valence-electron chi connectivity index (χ2n) is 5.52. The van der Waals surface area contributed by atoms with Gasteiger partial charge in [-0.25, -0.2) is 4.98 Å². The number of benzene rings is 2. The summed E-state index contributed by atoms with van der Waals surface area (Å²) < 4.78 is 0. The molecular weight excluding hydrogens is 384 g/mol. The average Bonchev–Trinajstić information content (AvgIpc) is 3.15. The number of rotatable bonds is 6. The maximum absolute atomic E-state index is 12.0. The molecule has 0 aliphatic carbocycles. The lowest BCUT2D eigenvalue weighted by Crippen LogP contribution is -2.07. The van der Waals surface area contributed by atoms with E-state index < -0.39 is 15.8 Å². The van der Waals surface area contributed by atoms with Crippen molar-refractivity contribution in [3.05, 3.63) is 85.8 Å². The number of hydrogen-bond acceptors (Lipinski definition) is 7. The van der Waals surface area contributed by atoms with Gasteiger partial charge in [-0.3, -0.25) is 30.3 Å². The van der Waals surface area contributed by atoms with Crippen molar-refractivity contribution in [1.82, 2.24) is 4.98 Å². The second kappa shape index (κ2) is 8.18. The van der Waals surface area contributed by atoms with Crippen molar-refractivity contribution in [3.8, 4) is 11.3 Å². The quantitative estimate of drug-likeness (QED) is 0.376. The van der Waals surface area contributed by atoms with Crippen molar-refractivity contribution in [2.45, 2.75) is 0 Å². The monoisotopic (exact) mass is 396 g/mol. The molecule has 0 spiro atoms. The molecule has 1 aromatic heterocycles. The summed E-state index contributed by atoms with van der Waals surface area (Å²) in [5.74, 6) is -0.418. The smallest absolute Gasteiger partial charge is 0.270 e. The van der Waals surface area contributed by atoms with Gasteiger partial charge in [0.2, 0.25) is 5.91 Å². The molecule has 0 bridgehead atoms. The van der Waals surface area contributed by atoms with Gasteiger partial charge in [0.25, 0.3) is 11.4 Å². The molecule has 0 fully saturated rings. The van der Waals surface area contributed by atoms with Gasteiger partial charge >= 0.3 is 0 Å². The minimum Gasteiger partial charge on any atom is -0.298 e. The zero-order chi connectivity index (χ0) is 20.1. The molecule has 0 radical (unpaired) electrons. The number of anilines is 1. The van der Waals surface area contributed by atoms with E-state index in [-0.39, 0.29) is 11.4 Å². The van der Waals surface area contributed by atoms with Gasteiger partial charge < -0.3 is 0 Å². The third kappa shape index (κ3) is 4.62. The van der Waals surface area contributed by atoms with Crippen LogP contribution in [0.5, 0.6) is 0 Å². The van der Waals surface area contributed by atoms with Crippen LogP contribution < -0.4 is 5.32 Å². The third-order valence-electron chi connectivity index (χ3n) is 3.62. The van der Waals surface area contributed by atoms with E-state index in [2.05, 4.69) is 10.3 Å². The molecule has 0 aliphatic heterocycles. The molecule has 9 nitrogen and oxygen atoms in total. The Balaban J connectivity index is 1.66. The number of hydrogen-bond donors (Lipinski definition) is 1. The van der Waals surface area contributed by atoms with Crippen LogP contribution >= 0.6 is 11.3 Å². The highest BCUT2D eigenvalue weighted by molar-refractivity contribution is 7.14. The Kier molecular flexibility index (Phi) is 5.51. The van der Waals surface area contributed by atoms with Crippen LogP contribution in [0.3, 0.4) is 0 Å². The van der Waals surface area contributed by atoms with Crippen molar-refractivity contribution in [2.24, 2.45) is 0 Å². The Bertz CT molecular complexity index is 1080. The summed E-state index contributed by atoms with van der Waals surface area (Å²) in [6.07, 6.45) is 2.81. The standard InChI is InChI=1S/C18H12N4O5S/c23-17(9-6-12-4-7-14(8-5-12)21(24)25)20-18-19-16(11-28-18)13-2-1-3-15(10-13)22(26)27/h1-11H,(H,19,20,23). The second-order valence-corrected chi connectivity index (χ2v) is 6.37. The van der Waals surface area contributed by atoms with E-state index in [4.69, 9.17) is 0 Å². The summed E-state index contributed by atoms with van der Waals surface area (Å²) in [4.78, 5) is 36.8. The van der Waals surface area contributed by atoms with Crippen molar-refractivity contribution < 1.29 is 14.6 Å². The average molecular weight is 396 g/mol. The van der Waals surface area contributed by atoms with Crippen LogP contribution in [0.15, 0.2) is 60.0 Å². The molecule has 3 aromatic rings. The van der Waals surface area contributed by atoms with E-state index >= 15 is 0 Å². The van der Waals surface area contributed by atoms with E-state index in [0.717, 1.165) is 0 Å². The van der Waals surface area contributed by atoms with E-state index in [1.807, 2.05) is 0 Å². The molecule has 0 saturated heterocycles. The molecule has 2 aromatic carbocycles. The summed E-state index contributed by atoms with van der Waals surface area (Å²) in [5, 5.41) is 26.1. The fourth-order valence-corrected chi connectivity index (χ4v) is 2.99. The number of nitrogens with one attached hydrogen (secondary N) is 1. The van der Waals surface area contributed by atoms with Crippen molar-refractivity contribution >= 4 is 39.8 Å². The molecule has 0 saturated carbocycles. The Morgan fingerprint density at radius 2 is 1.75 bits per heavy atom. The number of carbonyl (C=O) groups excluding carboxylic acids is 1. The van der Waals surface area contributed by atoms with Gasteiger partial charge in [0.05, 0.1) is 15.5 Å². The van der Waals surface area contributed by atoms with Gasteiger partial charge in [-0.1, -0.05) is 12.1 Å². The highest BCUT2D eigenvalue weighted by Crippen LogP contribution is 2.27.